The first-order chi connectivity index (χ1) is 17.7. The molecule has 0 amide bonds. The van der Waals surface area contributed by atoms with Gasteiger partial charge in [0.2, 0.25) is 0 Å². The molecule has 5 heteroatoms. The SMILES string of the molecule is COc1cccc([C@H]2COc3cc(OC)ccc3[C@H]2c2ccc(OCCCN3CCCCC3)cc2)c1. The number of fused-ring (bicyclic) bond motifs is 1. The third kappa shape index (κ3) is 5.62. The van der Waals surface area contributed by atoms with Crippen LogP contribution in [0.3, 0.4) is 0 Å². The Morgan fingerprint density at radius 1 is 0.806 bits per heavy atom. The zero-order chi connectivity index (χ0) is 24.7. The number of likely N-dealkylation sites (tertiary alicyclic amines) is 1. The predicted molar refractivity (Wildman–Crippen MR) is 143 cm³/mol. The highest BCUT2D eigenvalue weighted by Crippen LogP contribution is 2.47. The third-order valence-corrected chi connectivity index (χ3v) is 7.47. The van der Waals surface area contributed by atoms with Crippen LogP contribution in [0.1, 0.15) is 54.2 Å². The highest BCUT2D eigenvalue weighted by atomic mass is 16.5. The quantitative estimate of drug-likeness (QED) is 0.333. The van der Waals surface area contributed by atoms with E-state index in [1.165, 1.54) is 49.0 Å². The van der Waals surface area contributed by atoms with Crippen molar-refractivity contribution in [2.45, 2.75) is 37.5 Å². The van der Waals surface area contributed by atoms with Gasteiger partial charge in [-0.25, -0.2) is 0 Å². The molecule has 5 nitrogen and oxygen atoms in total. The highest BCUT2D eigenvalue weighted by molar-refractivity contribution is 5.51. The molecule has 5 rings (SSSR count). The maximum Gasteiger partial charge on any atom is 0.126 e. The molecule has 1 saturated heterocycles. The van der Waals surface area contributed by atoms with Crippen LogP contribution in [0.5, 0.6) is 23.0 Å². The van der Waals surface area contributed by atoms with Crippen LogP contribution in [0.25, 0.3) is 0 Å². The molecule has 2 aliphatic rings. The van der Waals surface area contributed by atoms with Gasteiger partial charge in [-0.1, -0.05) is 36.8 Å². The lowest BCUT2D eigenvalue weighted by atomic mass is 9.76. The maximum absolute atomic E-state index is 6.25. The van der Waals surface area contributed by atoms with Crippen LogP contribution in [-0.4, -0.2) is 52.0 Å². The maximum atomic E-state index is 6.25. The zero-order valence-corrected chi connectivity index (χ0v) is 21.4. The Kier molecular flexibility index (Phi) is 7.97. The average Bonchev–Trinajstić information content (AvgIpc) is 2.95. The molecule has 0 unspecified atom stereocenters. The molecule has 3 aromatic carbocycles. The van der Waals surface area contributed by atoms with Gasteiger partial charge in [0, 0.05) is 30.0 Å². The van der Waals surface area contributed by atoms with E-state index in [0.717, 1.165) is 42.6 Å². The molecule has 1 fully saturated rings. The van der Waals surface area contributed by atoms with Gasteiger partial charge in [-0.15, -0.1) is 0 Å². The van der Waals surface area contributed by atoms with E-state index >= 15 is 0 Å². The smallest absolute Gasteiger partial charge is 0.126 e. The second kappa shape index (κ2) is 11.7. The molecule has 190 valence electrons. The number of hydrogen-bond acceptors (Lipinski definition) is 5. The summed E-state index contributed by atoms with van der Waals surface area (Å²) in [6.07, 6.45) is 5.11. The van der Waals surface area contributed by atoms with Crippen LogP contribution in [0.4, 0.5) is 0 Å². The van der Waals surface area contributed by atoms with E-state index in [1.54, 1.807) is 14.2 Å². The fourth-order valence-electron chi connectivity index (χ4n) is 5.52. The molecule has 36 heavy (non-hydrogen) atoms. The minimum Gasteiger partial charge on any atom is -0.497 e. The van der Waals surface area contributed by atoms with E-state index in [9.17, 15) is 0 Å². The summed E-state index contributed by atoms with van der Waals surface area (Å²) in [4.78, 5) is 2.56. The summed E-state index contributed by atoms with van der Waals surface area (Å²) in [7, 11) is 3.40. The van der Waals surface area contributed by atoms with Gasteiger partial charge in [-0.3, -0.25) is 0 Å². The van der Waals surface area contributed by atoms with Gasteiger partial charge in [0.1, 0.15) is 23.0 Å². The Morgan fingerprint density at radius 3 is 2.33 bits per heavy atom. The lowest BCUT2D eigenvalue weighted by Crippen LogP contribution is -2.31. The Hall–Kier alpha value is -3.18. The molecular formula is C31H37NO4. The molecule has 2 aliphatic heterocycles. The molecule has 0 aliphatic carbocycles. The van der Waals surface area contributed by atoms with Crippen molar-refractivity contribution in [3.63, 3.8) is 0 Å². The van der Waals surface area contributed by atoms with E-state index in [1.807, 2.05) is 18.2 Å². The van der Waals surface area contributed by atoms with Crippen LogP contribution >= 0.6 is 0 Å². The number of piperidine rings is 1. The van der Waals surface area contributed by atoms with Gasteiger partial charge >= 0.3 is 0 Å². The van der Waals surface area contributed by atoms with Crippen LogP contribution in [0, 0.1) is 0 Å². The molecule has 0 aromatic heterocycles. The summed E-state index contributed by atoms with van der Waals surface area (Å²) in [5, 5.41) is 0. The van der Waals surface area contributed by atoms with E-state index in [2.05, 4.69) is 53.4 Å². The normalized spacial score (nSPS) is 19.7. The van der Waals surface area contributed by atoms with Crippen molar-refractivity contribution in [3.05, 3.63) is 83.4 Å². The first kappa shape index (κ1) is 24.5. The minimum atomic E-state index is 0.153. The van der Waals surface area contributed by atoms with Crippen molar-refractivity contribution in [1.82, 2.24) is 4.90 Å². The van der Waals surface area contributed by atoms with Crippen molar-refractivity contribution >= 4 is 0 Å². The number of rotatable bonds is 9. The predicted octanol–water partition coefficient (Wildman–Crippen LogP) is 6.27. The molecule has 0 saturated carbocycles. The lowest BCUT2D eigenvalue weighted by molar-refractivity contribution is 0.205. The van der Waals surface area contributed by atoms with Gasteiger partial charge in [-0.05, 0) is 73.8 Å². The second-order valence-electron chi connectivity index (χ2n) is 9.75. The fourth-order valence-corrected chi connectivity index (χ4v) is 5.52. The van der Waals surface area contributed by atoms with Gasteiger partial charge in [-0.2, -0.15) is 0 Å². The lowest BCUT2D eigenvalue weighted by Gasteiger charge is -2.35. The number of ether oxygens (including phenoxy) is 4. The Labute approximate surface area is 214 Å². The summed E-state index contributed by atoms with van der Waals surface area (Å²) in [6, 6.07) is 23.1. The largest absolute Gasteiger partial charge is 0.497 e. The monoisotopic (exact) mass is 487 g/mol. The number of benzene rings is 3. The zero-order valence-electron chi connectivity index (χ0n) is 21.4. The summed E-state index contributed by atoms with van der Waals surface area (Å²) < 4.78 is 23.3. The first-order valence-electron chi connectivity index (χ1n) is 13.1. The number of hydrogen-bond donors (Lipinski definition) is 0. The van der Waals surface area contributed by atoms with E-state index in [-0.39, 0.29) is 11.8 Å². The van der Waals surface area contributed by atoms with Crippen LogP contribution in [-0.2, 0) is 0 Å². The van der Waals surface area contributed by atoms with Crippen molar-refractivity contribution in [2.24, 2.45) is 0 Å². The van der Waals surface area contributed by atoms with Gasteiger partial charge in [0.05, 0.1) is 27.4 Å². The average molecular weight is 488 g/mol. The van der Waals surface area contributed by atoms with Crippen LogP contribution in [0.15, 0.2) is 66.7 Å². The van der Waals surface area contributed by atoms with Crippen LogP contribution < -0.4 is 18.9 Å². The van der Waals surface area contributed by atoms with Crippen molar-refractivity contribution in [3.8, 4) is 23.0 Å². The summed E-state index contributed by atoms with van der Waals surface area (Å²) in [5.74, 6) is 3.80. The standard InChI is InChI=1S/C31H37NO4/c1-33-26-9-6-8-24(20-26)29-22-36-30-21-27(34-2)14-15-28(30)31(29)23-10-12-25(13-11-23)35-19-7-18-32-16-4-3-5-17-32/h6,8-15,20-21,29,31H,3-5,7,16-19,22H2,1-2H3/t29-,31-/m1/s1. The molecule has 2 atom stereocenters. The third-order valence-electron chi connectivity index (χ3n) is 7.47. The molecule has 2 heterocycles. The van der Waals surface area contributed by atoms with Crippen molar-refractivity contribution in [1.29, 1.82) is 0 Å². The Morgan fingerprint density at radius 2 is 1.56 bits per heavy atom. The van der Waals surface area contributed by atoms with Gasteiger partial charge in [0.25, 0.3) is 0 Å². The summed E-state index contributed by atoms with van der Waals surface area (Å²) >= 11 is 0. The summed E-state index contributed by atoms with van der Waals surface area (Å²) in [6.45, 7) is 4.95. The van der Waals surface area contributed by atoms with Gasteiger partial charge in [0.15, 0.2) is 0 Å². The van der Waals surface area contributed by atoms with Crippen molar-refractivity contribution < 1.29 is 18.9 Å². The number of nitrogens with zero attached hydrogens (tertiary/aromatic N) is 1. The number of methoxy groups -OCH3 is 2. The van der Waals surface area contributed by atoms with Crippen LogP contribution in [0.2, 0.25) is 0 Å². The Bertz CT molecular complexity index is 1120. The fraction of sp³-hybridized carbons (Fsp3) is 0.419. The minimum absolute atomic E-state index is 0.153. The first-order valence-corrected chi connectivity index (χ1v) is 13.1. The van der Waals surface area contributed by atoms with E-state index in [0.29, 0.717) is 6.61 Å². The Balaban J connectivity index is 1.34. The molecule has 0 bridgehead atoms. The second-order valence-corrected chi connectivity index (χ2v) is 9.75. The summed E-state index contributed by atoms with van der Waals surface area (Å²) in [5.41, 5.74) is 3.63. The highest BCUT2D eigenvalue weighted by Gasteiger charge is 2.34. The van der Waals surface area contributed by atoms with E-state index in [4.69, 9.17) is 18.9 Å². The molecule has 0 radical (unpaired) electrons. The van der Waals surface area contributed by atoms with Gasteiger partial charge < -0.3 is 23.8 Å². The molecule has 3 aromatic rings. The molecule has 0 N–H and O–H groups in total. The molecular weight excluding hydrogens is 450 g/mol. The molecule has 0 spiro atoms. The van der Waals surface area contributed by atoms with E-state index < -0.39 is 0 Å². The topological polar surface area (TPSA) is 40.2 Å². The van der Waals surface area contributed by atoms with Crippen molar-refractivity contribution in [2.75, 3.05) is 47.1 Å².